The molecule has 1 amide bonds. The second kappa shape index (κ2) is 10.2. The molecule has 0 heterocycles. The van der Waals surface area contributed by atoms with Crippen molar-refractivity contribution >= 4 is 23.3 Å². The van der Waals surface area contributed by atoms with Gasteiger partial charge in [0, 0.05) is 24.2 Å². The molecule has 2 aromatic rings. The third-order valence-electron chi connectivity index (χ3n) is 4.01. The van der Waals surface area contributed by atoms with Gasteiger partial charge in [-0.25, -0.2) is 4.39 Å². The SMILES string of the molecule is CCOC(=O)CC(=O)N(CCC(=O)c1ccc(F)cc1)c1ccc(OC)cc1. The summed E-state index contributed by atoms with van der Waals surface area (Å²) in [6, 6.07) is 11.9. The average Bonchev–Trinajstić information content (AvgIpc) is 2.69. The Morgan fingerprint density at radius 2 is 1.64 bits per heavy atom. The summed E-state index contributed by atoms with van der Waals surface area (Å²) in [5, 5.41) is 0. The predicted molar refractivity (Wildman–Crippen MR) is 102 cm³/mol. The van der Waals surface area contributed by atoms with E-state index in [-0.39, 0.29) is 25.4 Å². The molecule has 0 bridgehead atoms. The van der Waals surface area contributed by atoms with Crippen LogP contribution >= 0.6 is 0 Å². The van der Waals surface area contributed by atoms with E-state index >= 15 is 0 Å². The number of amides is 1. The highest BCUT2D eigenvalue weighted by molar-refractivity contribution is 6.04. The van der Waals surface area contributed by atoms with Gasteiger partial charge in [0.15, 0.2) is 5.78 Å². The fraction of sp³-hybridized carbons (Fsp3) is 0.286. The monoisotopic (exact) mass is 387 g/mol. The average molecular weight is 387 g/mol. The molecule has 2 aromatic carbocycles. The van der Waals surface area contributed by atoms with E-state index in [9.17, 15) is 18.8 Å². The van der Waals surface area contributed by atoms with Gasteiger partial charge in [-0.3, -0.25) is 14.4 Å². The molecule has 6 nitrogen and oxygen atoms in total. The van der Waals surface area contributed by atoms with Crippen LogP contribution in [0.1, 0.15) is 30.1 Å². The largest absolute Gasteiger partial charge is 0.497 e. The fourth-order valence-corrected chi connectivity index (χ4v) is 2.58. The molecule has 0 atom stereocenters. The van der Waals surface area contributed by atoms with Crippen LogP contribution in [0.5, 0.6) is 5.75 Å². The van der Waals surface area contributed by atoms with Gasteiger partial charge >= 0.3 is 5.97 Å². The molecule has 0 saturated carbocycles. The number of anilines is 1. The van der Waals surface area contributed by atoms with Crippen molar-refractivity contribution in [2.75, 3.05) is 25.2 Å². The number of carbonyl (C=O) groups excluding carboxylic acids is 3. The Bertz CT molecular complexity index is 818. The molecule has 148 valence electrons. The van der Waals surface area contributed by atoms with Crippen molar-refractivity contribution in [1.82, 2.24) is 0 Å². The van der Waals surface area contributed by atoms with Crippen LogP contribution in [0, 0.1) is 5.82 Å². The summed E-state index contributed by atoms with van der Waals surface area (Å²) in [7, 11) is 1.53. The molecule has 0 N–H and O–H groups in total. The first-order valence-corrected chi connectivity index (χ1v) is 8.83. The van der Waals surface area contributed by atoms with E-state index in [0.717, 1.165) is 0 Å². The van der Waals surface area contributed by atoms with E-state index in [1.54, 1.807) is 31.2 Å². The van der Waals surface area contributed by atoms with Crippen LogP contribution in [0.15, 0.2) is 48.5 Å². The minimum absolute atomic E-state index is 0.0201. The Hall–Kier alpha value is -3.22. The molecule has 0 aromatic heterocycles. The van der Waals surface area contributed by atoms with Gasteiger partial charge in [0.2, 0.25) is 5.91 Å². The van der Waals surface area contributed by atoms with Crippen LogP contribution in [0.3, 0.4) is 0 Å². The molecule has 0 fully saturated rings. The third-order valence-corrected chi connectivity index (χ3v) is 4.01. The molecule has 7 heteroatoms. The zero-order valence-corrected chi connectivity index (χ0v) is 15.8. The zero-order valence-electron chi connectivity index (χ0n) is 15.8. The standard InChI is InChI=1S/C21H22FNO5/c1-3-28-21(26)14-20(25)23(17-8-10-18(27-2)11-9-17)13-12-19(24)15-4-6-16(22)7-5-15/h4-11H,3,12-14H2,1-2H3. The summed E-state index contributed by atoms with van der Waals surface area (Å²) in [6.07, 6.45) is -0.406. The van der Waals surface area contributed by atoms with E-state index in [0.29, 0.717) is 17.0 Å². The maximum Gasteiger partial charge on any atom is 0.315 e. The van der Waals surface area contributed by atoms with E-state index in [1.165, 1.54) is 36.3 Å². The number of benzene rings is 2. The summed E-state index contributed by atoms with van der Waals surface area (Å²) in [4.78, 5) is 38.0. The Morgan fingerprint density at radius 3 is 2.21 bits per heavy atom. The lowest BCUT2D eigenvalue weighted by Gasteiger charge is -2.22. The van der Waals surface area contributed by atoms with Gasteiger partial charge in [-0.15, -0.1) is 0 Å². The van der Waals surface area contributed by atoms with Crippen molar-refractivity contribution in [2.45, 2.75) is 19.8 Å². The Morgan fingerprint density at radius 1 is 1.00 bits per heavy atom. The molecular weight excluding hydrogens is 365 g/mol. The molecule has 0 aliphatic carbocycles. The van der Waals surface area contributed by atoms with Crippen LogP contribution in [0.4, 0.5) is 10.1 Å². The molecule has 0 aliphatic heterocycles. The van der Waals surface area contributed by atoms with E-state index in [4.69, 9.17) is 9.47 Å². The smallest absolute Gasteiger partial charge is 0.315 e. The van der Waals surface area contributed by atoms with Gasteiger partial charge < -0.3 is 14.4 Å². The number of ketones is 1. The number of halogens is 1. The molecular formula is C21H22FNO5. The number of carbonyl (C=O) groups is 3. The lowest BCUT2D eigenvalue weighted by atomic mass is 10.1. The second-order valence-electron chi connectivity index (χ2n) is 5.91. The minimum atomic E-state index is -0.629. The summed E-state index contributed by atoms with van der Waals surface area (Å²) in [6.45, 7) is 1.91. The van der Waals surface area contributed by atoms with Crippen molar-refractivity contribution in [2.24, 2.45) is 0 Å². The molecule has 0 spiro atoms. The van der Waals surface area contributed by atoms with Gasteiger partial charge in [-0.05, 0) is 55.5 Å². The molecule has 0 aliphatic rings. The fourth-order valence-electron chi connectivity index (χ4n) is 2.58. The number of hydrogen-bond acceptors (Lipinski definition) is 5. The topological polar surface area (TPSA) is 72.9 Å². The zero-order chi connectivity index (χ0) is 20.5. The Balaban J connectivity index is 2.14. The first kappa shape index (κ1) is 21.1. The summed E-state index contributed by atoms with van der Waals surface area (Å²) in [5.41, 5.74) is 0.885. The molecule has 2 rings (SSSR count). The number of methoxy groups -OCH3 is 1. The quantitative estimate of drug-likeness (QED) is 0.375. The van der Waals surface area contributed by atoms with E-state index < -0.39 is 24.1 Å². The molecule has 28 heavy (non-hydrogen) atoms. The van der Waals surface area contributed by atoms with Crippen LogP contribution < -0.4 is 9.64 Å². The second-order valence-corrected chi connectivity index (χ2v) is 5.91. The van der Waals surface area contributed by atoms with Gasteiger partial charge in [0.25, 0.3) is 0 Å². The van der Waals surface area contributed by atoms with Crippen molar-refractivity contribution in [3.05, 3.63) is 59.9 Å². The molecule has 0 radical (unpaired) electrons. The van der Waals surface area contributed by atoms with Gasteiger partial charge in [-0.1, -0.05) is 0 Å². The number of hydrogen-bond donors (Lipinski definition) is 0. The third kappa shape index (κ3) is 5.90. The highest BCUT2D eigenvalue weighted by Gasteiger charge is 2.21. The number of Topliss-reactive ketones (excluding diaryl/α,β-unsaturated/α-hetero) is 1. The van der Waals surface area contributed by atoms with Crippen LogP contribution in [0.25, 0.3) is 0 Å². The Kier molecular flexibility index (Phi) is 7.68. The number of esters is 1. The maximum absolute atomic E-state index is 13.0. The van der Waals surface area contributed by atoms with E-state index in [2.05, 4.69) is 0 Å². The predicted octanol–water partition coefficient (Wildman–Crippen LogP) is 3.39. The van der Waals surface area contributed by atoms with E-state index in [1.807, 2.05) is 0 Å². The minimum Gasteiger partial charge on any atom is -0.497 e. The lowest BCUT2D eigenvalue weighted by Crippen LogP contribution is -2.34. The highest BCUT2D eigenvalue weighted by atomic mass is 19.1. The van der Waals surface area contributed by atoms with Crippen molar-refractivity contribution < 1.29 is 28.2 Å². The van der Waals surface area contributed by atoms with Gasteiger partial charge in [-0.2, -0.15) is 0 Å². The van der Waals surface area contributed by atoms with Crippen LogP contribution in [-0.4, -0.2) is 37.9 Å². The van der Waals surface area contributed by atoms with Gasteiger partial charge in [0.1, 0.15) is 18.0 Å². The van der Waals surface area contributed by atoms with Crippen LogP contribution in [-0.2, 0) is 14.3 Å². The first-order valence-electron chi connectivity index (χ1n) is 8.83. The summed E-state index contributed by atoms with van der Waals surface area (Å²) in [5.74, 6) is -1.15. The molecule has 0 unspecified atom stereocenters. The van der Waals surface area contributed by atoms with Crippen LogP contribution in [0.2, 0.25) is 0 Å². The van der Waals surface area contributed by atoms with Gasteiger partial charge in [0.05, 0.1) is 13.7 Å². The maximum atomic E-state index is 13.0. The lowest BCUT2D eigenvalue weighted by molar-refractivity contribution is -0.145. The number of rotatable bonds is 9. The van der Waals surface area contributed by atoms with Crippen molar-refractivity contribution in [3.63, 3.8) is 0 Å². The normalized spacial score (nSPS) is 10.2. The van der Waals surface area contributed by atoms with Crippen molar-refractivity contribution in [3.8, 4) is 5.75 Å². The molecule has 0 saturated heterocycles. The highest BCUT2D eigenvalue weighted by Crippen LogP contribution is 2.21. The first-order chi connectivity index (χ1) is 13.4. The summed E-state index contributed by atoms with van der Waals surface area (Å²) < 4.78 is 23.0. The number of ether oxygens (including phenoxy) is 2. The van der Waals surface area contributed by atoms with Crippen molar-refractivity contribution in [1.29, 1.82) is 0 Å². The number of nitrogens with zero attached hydrogens (tertiary/aromatic N) is 1. The summed E-state index contributed by atoms with van der Waals surface area (Å²) >= 11 is 0. The Labute approximate surface area is 162 Å².